The van der Waals surface area contributed by atoms with E-state index in [2.05, 4.69) is 19.1 Å². The van der Waals surface area contributed by atoms with Crippen molar-refractivity contribution in [2.75, 3.05) is 27.7 Å². The van der Waals surface area contributed by atoms with Gasteiger partial charge in [0.25, 0.3) is 0 Å². The Labute approximate surface area is 205 Å². The van der Waals surface area contributed by atoms with Crippen LogP contribution in [-0.4, -0.2) is 52.4 Å². The normalized spacial score (nSPS) is 14.8. The SMILES string of the molecule is CC/C=C\CCCCCCCCCCCCCCCCCCC(O)(C[N+](C)(C)C)P(=O)(O)O. The number of aliphatic hydroxyl groups is 1. The topological polar surface area (TPSA) is 77.8 Å². The number of unbranched alkanes of at least 4 members (excludes halogenated alkanes) is 16. The van der Waals surface area contributed by atoms with Crippen LogP contribution in [0.15, 0.2) is 12.2 Å². The molecule has 1 unspecified atom stereocenters. The number of allylic oxidation sites excluding steroid dienone is 2. The van der Waals surface area contributed by atoms with Gasteiger partial charge in [-0.15, -0.1) is 0 Å². The van der Waals surface area contributed by atoms with E-state index in [4.69, 9.17) is 0 Å². The Morgan fingerprint density at radius 3 is 1.36 bits per heavy atom. The lowest BCUT2D eigenvalue weighted by molar-refractivity contribution is -0.875. The largest absolute Gasteiger partial charge is 0.373 e. The fourth-order valence-electron chi connectivity index (χ4n) is 4.51. The van der Waals surface area contributed by atoms with Gasteiger partial charge in [0.1, 0.15) is 6.54 Å². The molecule has 0 amide bonds. The highest BCUT2D eigenvalue weighted by Crippen LogP contribution is 2.52. The summed E-state index contributed by atoms with van der Waals surface area (Å²) in [4.78, 5) is 19.2. The molecule has 0 aliphatic rings. The van der Waals surface area contributed by atoms with E-state index >= 15 is 0 Å². The predicted molar refractivity (Wildman–Crippen MR) is 142 cm³/mol. The minimum Gasteiger partial charge on any atom is -0.373 e. The summed E-state index contributed by atoms with van der Waals surface area (Å²) in [6.07, 6.45) is 27.3. The summed E-state index contributed by atoms with van der Waals surface area (Å²) < 4.78 is 12.1. The first-order chi connectivity index (χ1) is 15.5. The van der Waals surface area contributed by atoms with Gasteiger partial charge in [0, 0.05) is 0 Å². The van der Waals surface area contributed by atoms with E-state index < -0.39 is 12.9 Å². The smallest absolute Gasteiger partial charge is 0.362 e. The molecule has 198 valence electrons. The van der Waals surface area contributed by atoms with Crippen molar-refractivity contribution in [3.8, 4) is 0 Å². The second kappa shape index (κ2) is 19.1. The molecule has 0 saturated heterocycles. The van der Waals surface area contributed by atoms with Gasteiger partial charge in [-0.3, -0.25) is 4.57 Å². The molecule has 0 spiro atoms. The van der Waals surface area contributed by atoms with Gasteiger partial charge in [0.15, 0.2) is 0 Å². The van der Waals surface area contributed by atoms with Crippen molar-refractivity contribution in [2.45, 2.75) is 134 Å². The van der Waals surface area contributed by atoms with Crippen molar-refractivity contribution in [1.29, 1.82) is 0 Å². The van der Waals surface area contributed by atoms with E-state index in [9.17, 15) is 19.5 Å². The van der Waals surface area contributed by atoms with Gasteiger partial charge >= 0.3 is 7.60 Å². The summed E-state index contributed by atoms with van der Waals surface area (Å²) >= 11 is 0. The van der Waals surface area contributed by atoms with E-state index in [1.165, 1.54) is 89.9 Å². The maximum absolute atomic E-state index is 11.8. The van der Waals surface area contributed by atoms with E-state index in [1.807, 2.05) is 21.1 Å². The van der Waals surface area contributed by atoms with Gasteiger partial charge in [-0.2, -0.15) is 0 Å². The lowest BCUT2D eigenvalue weighted by Gasteiger charge is -2.35. The van der Waals surface area contributed by atoms with Crippen LogP contribution in [0.5, 0.6) is 0 Å². The second-order valence-electron chi connectivity index (χ2n) is 11.1. The van der Waals surface area contributed by atoms with Gasteiger partial charge < -0.3 is 19.4 Å². The molecule has 0 fully saturated rings. The molecule has 1 atom stereocenters. The summed E-state index contributed by atoms with van der Waals surface area (Å²) in [5.41, 5.74) is 0. The third-order valence-electron chi connectivity index (χ3n) is 6.37. The third kappa shape index (κ3) is 19.8. The zero-order valence-electron chi connectivity index (χ0n) is 22.4. The Morgan fingerprint density at radius 1 is 0.667 bits per heavy atom. The molecule has 0 bridgehead atoms. The Hall–Kier alpha value is -0.190. The first kappa shape index (κ1) is 32.8. The monoisotopic (exact) mass is 490 g/mol. The first-order valence-corrected chi connectivity index (χ1v) is 15.4. The van der Waals surface area contributed by atoms with Crippen LogP contribution in [0.4, 0.5) is 0 Å². The molecular weight excluding hydrogens is 433 g/mol. The lowest BCUT2D eigenvalue weighted by atomic mass is 10.0. The maximum Gasteiger partial charge on any atom is 0.362 e. The molecule has 5 nitrogen and oxygen atoms in total. The average Bonchev–Trinajstić information content (AvgIpc) is 2.70. The van der Waals surface area contributed by atoms with E-state index in [1.54, 1.807) is 0 Å². The highest BCUT2D eigenvalue weighted by molar-refractivity contribution is 7.53. The number of nitrogens with zero attached hydrogens (tertiary/aromatic N) is 1. The van der Waals surface area contributed by atoms with Crippen LogP contribution in [0.1, 0.15) is 129 Å². The maximum atomic E-state index is 11.8. The molecule has 0 rings (SSSR count). The molecule has 0 aliphatic carbocycles. The van der Waals surface area contributed by atoms with Crippen LogP contribution < -0.4 is 0 Å². The van der Waals surface area contributed by atoms with Crippen LogP contribution in [0.3, 0.4) is 0 Å². The summed E-state index contributed by atoms with van der Waals surface area (Å²) in [6.45, 7) is 2.25. The number of hydrogen-bond donors (Lipinski definition) is 3. The number of quaternary nitrogens is 1. The molecule has 0 aliphatic heterocycles. The standard InChI is InChI=1S/C27H56NO4P/c1-5-6-7-8-9-10-11-12-13-14-15-16-17-18-19-20-21-22-23-24-25-27(29,33(30,31)32)26-28(2,3)4/h6-7,29H,5,8-26H2,1-4H3,(H-,30,31,32)/p+1/b7-6-. The summed E-state index contributed by atoms with van der Waals surface area (Å²) in [5, 5.41) is 8.65. The predicted octanol–water partition coefficient (Wildman–Crippen LogP) is 7.55. The molecule has 33 heavy (non-hydrogen) atoms. The van der Waals surface area contributed by atoms with Crippen molar-refractivity contribution < 1.29 is 23.9 Å². The Balaban J connectivity index is 3.51. The van der Waals surface area contributed by atoms with Gasteiger partial charge in [-0.25, -0.2) is 0 Å². The quantitative estimate of drug-likeness (QED) is 0.0598. The molecular formula is C27H57NO4P+. The fourth-order valence-corrected chi connectivity index (χ4v) is 5.56. The van der Waals surface area contributed by atoms with E-state index in [0.29, 0.717) is 10.9 Å². The minimum absolute atomic E-state index is 0.0637. The van der Waals surface area contributed by atoms with Crippen LogP contribution in [0, 0.1) is 0 Å². The fraction of sp³-hybridized carbons (Fsp3) is 0.926. The number of rotatable bonds is 23. The van der Waals surface area contributed by atoms with Gasteiger partial charge in [0.05, 0.1) is 21.1 Å². The van der Waals surface area contributed by atoms with Gasteiger partial charge in [0.2, 0.25) is 5.34 Å². The van der Waals surface area contributed by atoms with Crippen molar-refractivity contribution in [3.63, 3.8) is 0 Å². The van der Waals surface area contributed by atoms with Crippen molar-refractivity contribution in [3.05, 3.63) is 12.2 Å². The summed E-state index contributed by atoms with van der Waals surface area (Å²) in [5.74, 6) is 0. The average molecular weight is 491 g/mol. The minimum atomic E-state index is -4.54. The summed E-state index contributed by atoms with van der Waals surface area (Å²) in [7, 11) is 0.989. The molecule has 6 heteroatoms. The van der Waals surface area contributed by atoms with Crippen LogP contribution in [0.25, 0.3) is 0 Å². The van der Waals surface area contributed by atoms with Gasteiger partial charge in [-0.05, 0) is 32.1 Å². The van der Waals surface area contributed by atoms with Gasteiger partial charge in [-0.1, -0.05) is 109 Å². The van der Waals surface area contributed by atoms with Crippen molar-refractivity contribution >= 4 is 7.60 Å². The molecule has 0 heterocycles. The molecule has 0 aromatic rings. The van der Waals surface area contributed by atoms with E-state index in [0.717, 1.165) is 19.3 Å². The van der Waals surface area contributed by atoms with Crippen LogP contribution in [-0.2, 0) is 4.57 Å². The third-order valence-corrected chi connectivity index (χ3v) is 7.82. The van der Waals surface area contributed by atoms with Crippen molar-refractivity contribution in [2.24, 2.45) is 0 Å². The van der Waals surface area contributed by atoms with Crippen molar-refractivity contribution in [1.82, 2.24) is 0 Å². The highest BCUT2D eigenvalue weighted by Gasteiger charge is 2.48. The number of likely N-dealkylation sites (N-methyl/N-ethyl adjacent to an activating group) is 1. The van der Waals surface area contributed by atoms with Crippen LogP contribution >= 0.6 is 7.60 Å². The molecule has 0 saturated carbocycles. The molecule has 0 radical (unpaired) electrons. The van der Waals surface area contributed by atoms with E-state index in [-0.39, 0.29) is 13.0 Å². The lowest BCUT2D eigenvalue weighted by Crippen LogP contribution is -2.49. The Bertz CT molecular complexity index is 527. The Kier molecular flexibility index (Phi) is 18.9. The molecule has 0 aromatic heterocycles. The molecule has 3 N–H and O–H groups in total. The molecule has 0 aromatic carbocycles. The first-order valence-electron chi connectivity index (χ1n) is 13.8. The zero-order valence-corrected chi connectivity index (χ0v) is 23.3. The van der Waals surface area contributed by atoms with Crippen LogP contribution in [0.2, 0.25) is 0 Å². The second-order valence-corrected chi connectivity index (χ2v) is 13.0. The zero-order chi connectivity index (χ0) is 25.1. The summed E-state index contributed by atoms with van der Waals surface area (Å²) in [6, 6.07) is 0. The highest BCUT2D eigenvalue weighted by atomic mass is 31.2. The number of hydrogen-bond acceptors (Lipinski definition) is 2. The Morgan fingerprint density at radius 2 is 1.03 bits per heavy atom.